The van der Waals surface area contributed by atoms with Crippen LogP contribution in [-0.2, 0) is 4.74 Å². The van der Waals surface area contributed by atoms with E-state index in [-0.39, 0.29) is 28.7 Å². The van der Waals surface area contributed by atoms with Gasteiger partial charge in [-0.25, -0.2) is 20.4 Å². The molecule has 152 valence electrons. The Hall–Kier alpha value is -3.32. The van der Waals surface area contributed by atoms with Crippen LogP contribution >= 0.6 is 0 Å². The first kappa shape index (κ1) is 19.0. The summed E-state index contributed by atoms with van der Waals surface area (Å²) in [6.45, 7) is -0.475. The molecule has 2 aromatic heterocycles. The number of rotatable bonds is 5. The topological polar surface area (TPSA) is 184 Å². The second-order valence-corrected chi connectivity index (χ2v) is 6.43. The van der Waals surface area contributed by atoms with Crippen LogP contribution in [0.1, 0.15) is 11.8 Å². The van der Waals surface area contributed by atoms with Crippen molar-refractivity contribution in [1.82, 2.24) is 19.5 Å². The number of nitrogens with zero attached hydrogens (tertiary/aromatic N) is 5. The fourth-order valence-electron chi connectivity index (χ4n) is 3.11. The van der Waals surface area contributed by atoms with Crippen molar-refractivity contribution in [2.24, 2.45) is 5.10 Å². The molecule has 12 nitrogen and oxygen atoms in total. The Kier molecular flexibility index (Phi) is 4.98. The summed E-state index contributed by atoms with van der Waals surface area (Å²) < 4.78 is 6.98. The molecule has 0 saturated carbocycles. The molecule has 12 heteroatoms. The van der Waals surface area contributed by atoms with E-state index in [0.717, 1.165) is 0 Å². The van der Waals surface area contributed by atoms with Crippen LogP contribution in [0.15, 0.2) is 35.7 Å². The molecule has 1 aromatic carbocycles. The monoisotopic (exact) mass is 401 g/mol. The molecule has 1 saturated heterocycles. The van der Waals surface area contributed by atoms with E-state index in [2.05, 4.69) is 25.5 Å². The molecule has 0 spiro atoms. The van der Waals surface area contributed by atoms with Crippen molar-refractivity contribution in [3.63, 3.8) is 0 Å². The van der Waals surface area contributed by atoms with Crippen LogP contribution in [0.3, 0.4) is 0 Å². The lowest BCUT2D eigenvalue weighted by molar-refractivity contribution is -0.0501. The second-order valence-electron chi connectivity index (χ2n) is 6.43. The number of nitrogens with one attached hydrogen (secondary N) is 1. The number of nitrogens with two attached hydrogens (primary N) is 1. The average molecular weight is 401 g/mol. The van der Waals surface area contributed by atoms with Gasteiger partial charge in [0.05, 0.1) is 12.8 Å². The largest absolute Gasteiger partial charge is 0.508 e. The second kappa shape index (κ2) is 7.60. The van der Waals surface area contributed by atoms with E-state index in [0.29, 0.717) is 5.56 Å². The van der Waals surface area contributed by atoms with Crippen molar-refractivity contribution < 1.29 is 25.2 Å². The quantitative estimate of drug-likeness (QED) is 0.233. The number of aromatic nitrogens is 4. The Morgan fingerprint density at radius 2 is 2.10 bits per heavy atom. The average Bonchev–Trinajstić information content (AvgIpc) is 3.20. The Morgan fingerprint density at radius 3 is 2.83 bits per heavy atom. The molecular weight excluding hydrogens is 382 g/mol. The number of imidazole rings is 1. The lowest BCUT2D eigenvalue weighted by atomic mass is 10.1. The van der Waals surface area contributed by atoms with Gasteiger partial charge in [-0.05, 0) is 17.7 Å². The third-order valence-corrected chi connectivity index (χ3v) is 4.53. The number of fused-ring (bicyclic) bond motifs is 1. The number of aliphatic hydroxyl groups excluding tert-OH is 3. The van der Waals surface area contributed by atoms with Gasteiger partial charge in [0.25, 0.3) is 0 Å². The van der Waals surface area contributed by atoms with Gasteiger partial charge in [0, 0.05) is 0 Å². The highest BCUT2D eigenvalue weighted by atomic mass is 16.6. The van der Waals surface area contributed by atoms with Gasteiger partial charge in [-0.2, -0.15) is 5.10 Å². The van der Waals surface area contributed by atoms with Gasteiger partial charge >= 0.3 is 0 Å². The Labute approximate surface area is 163 Å². The summed E-state index contributed by atoms with van der Waals surface area (Å²) in [5.74, 6) is 0.328. The number of hydrogen-bond acceptors (Lipinski definition) is 11. The van der Waals surface area contributed by atoms with E-state index < -0.39 is 31.1 Å². The van der Waals surface area contributed by atoms with E-state index in [1.54, 1.807) is 12.1 Å². The fraction of sp³-hybridized carbons (Fsp3) is 0.294. The summed E-state index contributed by atoms with van der Waals surface area (Å²) in [6.07, 6.45) is -2.04. The van der Waals surface area contributed by atoms with E-state index >= 15 is 0 Å². The number of phenols is 1. The Bertz CT molecular complexity index is 1060. The molecule has 0 bridgehead atoms. The number of hydrogen-bond donors (Lipinski definition) is 6. The summed E-state index contributed by atoms with van der Waals surface area (Å²) in [5, 5.41) is 43.5. The maximum Gasteiger partial charge on any atom is 0.228 e. The molecule has 3 aromatic rings. The number of aromatic hydroxyl groups is 1. The molecule has 4 atom stereocenters. The molecule has 7 N–H and O–H groups in total. The van der Waals surface area contributed by atoms with Crippen LogP contribution in [0, 0.1) is 0 Å². The maximum atomic E-state index is 10.4. The van der Waals surface area contributed by atoms with Crippen LogP contribution in [0.25, 0.3) is 11.2 Å². The van der Waals surface area contributed by atoms with Gasteiger partial charge in [-0.15, -0.1) is 0 Å². The van der Waals surface area contributed by atoms with E-state index in [1.165, 1.54) is 29.2 Å². The number of hydrazone groups is 1. The van der Waals surface area contributed by atoms with Crippen molar-refractivity contribution in [3.8, 4) is 5.75 Å². The van der Waals surface area contributed by atoms with Crippen molar-refractivity contribution in [3.05, 3.63) is 36.2 Å². The number of anilines is 2. The van der Waals surface area contributed by atoms with E-state index in [4.69, 9.17) is 10.5 Å². The van der Waals surface area contributed by atoms with Gasteiger partial charge in [0.1, 0.15) is 30.4 Å². The van der Waals surface area contributed by atoms with Gasteiger partial charge in [-0.3, -0.25) is 4.57 Å². The number of nitrogen functional groups attached to an aromatic ring is 1. The summed E-state index contributed by atoms with van der Waals surface area (Å²) in [7, 11) is 0. The first-order valence-electron chi connectivity index (χ1n) is 8.68. The van der Waals surface area contributed by atoms with Crippen molar-refractivity contribution in [2.75, 3.05) is 17.8 Å². The first-order chi connectivity index (χ1) is 14.0. The summed E-state index contributed by atoms with van der Waals surface area (Å²) in [6, 6.07) is 6.46. The van der Waals surface area contributed by atoms with Crippen LogP contribution in [-0.4, -0.2) is 71.1 Å². The number of benzene rings is 1. The number of ether oxygens (including phenoxy) is 1. The summed E-state index contributed by atoms with van der Waals surface area (Å²) >= 11 is 0. The molecule has 1 aliphatic rings. The maximum absolute atomic E-state index is 10.4. The van der Waals surface area contributed by atoms with Crippen LogP contribution in [0.2, 0.25) is 0 Å². The zero-order valence-electron chi connectivity index (χ0n) is 15.0. The normalized spacial score (nSPS) is 24.5. The smallest absolute Gasteiger partial charge is 0.228 e. The van der Waals surface area contributed by atoms with E-state index in [1.807, 2.05) is 0 Å². The predicted molar refractivity (Wildman–Crippen MR) is 102 cm³/mol. The molecular formula is C17H19N7O5. The van der Waals surface area contributed by atoms with Crippen LogP contribution < -0.4 is 11.2 Å². The lowest BCUT2D eigenvalue weighted by Crippen LogP contribution is -2.33. The zero-order chi connectivity index (χ0) is 20.5. The molecule has 0 radical (unpaired) electrons. The van der Waals surface area contributed by atoms with Crippen LogP contribution in [0.4, 0.5) is 11.8 Å². The van der Waals surface area contributed by atoms with Crippen molar-refractivity contribution in [2.45, 2.75) is 24.5 Å². The molecule has 0 amide bonds. The predicted octanol–water partition coefficient (Wildman–Crippen LogP) is -0.828. The van der Waals surface area contributed by atoms with Gasteiger partial charge in [0.15, 0.2) is 23.2 Å². The Morgan fingerprint density at radius 1 is 1.28 bits per heavy atom. The standard InChI is InChI=1S/C17H19N7O5/c18-14-11-15(20-7-19-14)24(16-13(28)12(27)10(6-25)29-16)17(22-11)23-21-5-8-2-1-3-9(26)4-8/h1-5,7,10,12-13,16,25-28H,6H2,(H,22,23)(H2,18,19,20)/b21-5+/t10-,12-,13+,16-/m1/s1. The van der Waals surface area contributed by atoms with Crippen LogP contribution in [0.5, 0.6) is 5.75 Å². The first-order valence-corrected chi connectivity index (χ1v) is 8.68. The minimum Gasteiger partial charge on any atom is -0.508 e. The van der Waals surface area contributed by atoms with Gasteiger partial charge in [-0.1, -0.05) is 12.1 Å². The fourth-order valence-corrected chi connectivity index (χ4v) is 3.11. The SMILES string of the molecule is Nc1ncnc2c1nc(N/N=C/c1cccc(O)c1)n2[C@@H]1O[C@H](CO)[C@@H](O)[C@@H]1O. The zero-order valence-corrected chi connectivity index (χ0v) is 15.0. The molecule has 1 aliphatic heterocycles. The minimum atomic E-state index is -1.35. The highest BCUT2D eigenvalue weighted by Crippen LogP contribution is 2.35. The molecule has 1 fully saturated rings. The lowest BCUT2D eigenvalue weighted by Gasteiger charge is -2.18. The van der Waals surface area contributed by atoms with E-state index in [9.17, 15) is 20.4 Å². The molecule has 4 rings (SSSR count). The minimum absolute atomic E-state index is 0.0933. The molecule has 0 unspecified atom stereocenters. The molecule has 29 heavy (non-hydrogen) atoms. The molecule has 0 aliphatic carbocycles. The Balaban J connectivity index is 1.72. The molecule has 3 heterocycles. The van der Waals surface area contributed by atoms with Gasteiger partial charge < -0.3 is 30.9 Å². The van der Waals surface area contributed by atoms with Crippen molar-refractivity contribution in [1.29, 1.82) is 0 Å². The highest BCUT2D eigenvalue weighted by molar-refractivity contribution is 5.84. The number of aliphatic hydroxyl groups is 3. The third-order valence-electron chi connectivity index (χ3n) is 4.53. The summed E-state index contributed by atoms with van der Waals surface area (Å²) in [4.78, 5) is 12.4. The third kappa shape index (κ3) is 3.45. The van der Waals surface area contributed by atoms with Gasteiger partial charge in [0.2, 0.25) is 5.95 Å². The number of phenolic OH excluding ortho intramolecular Hbond substituents is 1. The highest BCUT2D eigenvalue weighted by Gasteiger charge is 2.45. The summed E-state index contributed by atoms with van der Waals surface area (Å²) in [5.41, 5.74) is 9.73. The van der Waals surface area contributed by atoms with Crippen molar-refractivity contribution >= 4 is 29.1 Å².